The molecule has 1 amide bonds. The number of halogens is 1. The van der Waals surface area contributed by atoms with Gasteiger partial charge in [-0.25, -0.2) is 8.42 Å². The van der Waals surface area contributed by atoms with E-state index in [4.69, 9.17) is 0 Å². The van der Waals surface area contributed by atoms with Crippen molar-refractivity contribution in [2.24, 2.45) is 0 Å². The van der Waals surface area contributed by atoms with Crippen LogP contribution in [0.2, 0.25) is 0 Å². The standard InChI is InChI=1S/C21H29BrN4O3S/c1-14-12-15(2)21(16(3)13-14)30(28,29)25-10-8-24(9-11-25)19(27)6-7-26-18(5)20(22)17(4)23-26/h12-13H,6-11H2,1-5H3. The maximum atomic E-state index is 13.2. The lowest BCUT2D eigenvalue weighted by molar-refractivity contribution is -0.132. The highest BCUT2D eigenvalue weighted by Crippen LogP contribution is 2.26. The van der Waals surface area contributed by atoms with Crippen molar-refractivity contribution in [2.75, 3.05) is 26.2 Å². The summed E-state index contributed by atoms with van der Waals surface area (Å²) in [5, 5.41) is 4.44. The van der Waals surface area contributed by atoms with Crippen molar-refractivity contribution in [1.29, 1.82) is 0 Å². The Morgan fingerprint density at radius 3 is 2.10 bits per heavy atom. The Bertz CT molecular complexity index is 1050. The summed E-state index contributed by atoms with van der Waals surface area (Å²) in [6.45, 7) is 11.5. The van der Waals surface area contributed by atoms with Gasteiger partial charge in [0.2, 0.25) is 15.9 Å². The van der Waals surface area contributed by atoms with E-state index in [-0.39, 0.29) is 5.91 Å². The molecule has 0 spiro atoms. The number of hydrogen-bond acceptors (Lipinski definition) is 4. The molecule has 2 aromatic rings. The highest BCUT2D eigenvalue weighted by molar-refractivity contribution is 9.10. The third kappa shape index (κ3) is 4.48. The van der Waals surface area contributed by atoms with E-state index in [0.29, 0.717) is 44.0 Å². The Morgan fingerprint density at radius 2 is 1.60 bits per heavy atom. The van der Waals surface area contributed by atoms with Crippen molar-refractivity contribution in [3.8, 4) is 0 Å². The second kappa shape index (κ2) is 8.80. The third-order valence-electron chi connectivity index (χ3n) is 5.62. The summed E-state index contributed by atoms with van der Waals surface area (Å²) >= 11 is 3.50. The molecule has 164 valence electrons. The van der Waals surface area contributed by atoms with Crippen molar-refractivity contribution in [1.82, 2.24) is 19.0 Å². The van der Waals surface area contributed by atoms with Crippen LogP contribution in [0.1, 0.15) is 34.5 Å². The molecule has 9 heteroatoms. The third-order valence-corrected chi connectivity index (χ3v) is 8.98. The number of nitrogens with zero attached hydrogens (tertiary/aromatic N) is 4. The van der Waals surface area contributed by atoms with Gasteiger partial charge in [0.05, 0.1) is 21.6 Å². The Morgan fingerprint density at radius 1 is 1.03 bits per heavy atom. The quantitative estimate of drug-likeness (QED) is 0.637. The monoisotopic (exact) mass is 496 g/mol. The van der Waals surface area contributed by atoms with Gasteiger partial charge in [0.25, 0.3) is 0 Å². The van der Waals surface area contributed by atoms with Crippen LogP contribution in [0.4, 0.5) is 0 Å². The summed E-state index contributed by atoms with van der Waals surface area (Å²) in [6, 6.07) is 3.80. The van der Waals surface area contributed by atoms with Gasteiger partial charge in [-0.05, 0) is 61.7 Å². The molecule has 3 rings (SSSR count). The highest BCUT2D eigenvalue weighted by atomic mass is 79.9. The predicted octanol–water partition coefficient (Wildman–Crippen LogP) is 3.11. The fourth-order valence-electron chi connectivity index (χ4n) is 4.13. The summed E-state index contributed by atoms with van der Waals surface area (Å²) in [4.78, 5) is 14.8. The second-order valence-electron chi connectivity index (χ2n) is 7.97. The van der Waals surface area contributed by atoms with Crippen LogP contribution >= 0.6 is 15.9 Å². The maximum absolute atomic E-state index is 13.2. The smallest absolute Gasteiger partial charge is 0.243 e. The van der Waals surface area contributed by atoms with Crippen molar-refractivity contribution < 1.29 is 13.2 Å². The summed E-state index contributed by atoms with van der Waals surface area (Å²) < 4.78 is 30.7. The van der Waals surface area contributed by atoms with E-state index < -0.39 is 10.0 Å². The van der Waals surface area contributed by atoms with Crippen LogP contribution in [0.3, 0.4) is 0 Å². The molecule has 1 fully saturated rings. The number of amides is 1. The van der Waals surface area contributed by atoms with Crippen LogP contribution in [-0.4, -0.2) is 59.5 Å². The van der Waals surface area contributed by atoms with Gasteiger partial charge < -0.3 is 4.90 Å². The zero-order chi connectivity index (χ0) is 22.2. The molecule has 1 aromatic heterocycles. The first-order valence-corrected chi connectivity index (χ1v) is 12.3. The number of piperazine rings is 1. The van der Waals surface area contributed by atoms with Crippen molar-refractivity contribution >= 4 is 31.9 Å². The van der Waals surface area contributed by atoms with E-state index in [1.165, 1.54) is 4.31 Å². The normalized spacial score (nSPS) is 15.6. The fraction of sp³-hybridized carbons (Fsp3) is 0.524. The summed E-state index contributed by atoms with van der Waals surface area (Å²) in [5.74, 6) is 0.0263. The number of aromatic nitrogens is 2. The minimum atomic E-state index is -3.58. The lowest BCUT2D eigenvalue weighted by atomic mass is 10.1. The van der Waals surface area contributed by atoms with Gasteiger partial charge in [0.1, 0.15) is 0 Å². The number of hydrogen-bond donors (Lipinski definition) is 0. The minimum Gasteiger partial charge on any atom is -0.340 e. The fourth-order valence-corrected chi connectivity index (χ4v) is 6.25. The first-order valence-electron chi connectivity index (χ1n) is 10.1. The average molecular weight is 497 g/mol. The number of rotatable bonds is 5. The van der Waals surface area contributed by atoms with Crippen molar-refractivity contribution in [3.05, 3.63) is 44.7 Å². The molecule has 0 atom stereocenters. The molecular formula is C21H29BrN4O3S. The SMILES string of the molecule is Cc1cc(C)c(S(=O)(=O)N2CCN(C(=O)CCn3nc(C)c(Br)c3C)CC2)c(C)c1. The van der Waals surface area contributed by atoms with Crippen LogP contribution in [-0.2, 0) is 21.4 Å². The maximum Gasteiger partial charge on any atom is 0.243 e. The van der Waals surface area contributed by atoms with Crippen LogP contribution in [0.5, 0.6) is 0 Å². The lowest BCUT2D eigenvalue weighted by Gasteiger charge is -2.34. The molecule has 1 saturated heterocycles. The Kier molecular flexibility index (Phi) is 6.74. The molecule has 0 aliphatic carbocycles. The van der Waals surface area contributed by atoms with Crippen molar-refractivity contribution in [2.45, 2.75) is 52.5 Å². The number of carbonyl (C=O) groups excluding carboxylic acids is 1. The minimum absolute atomic E-state index is 0.0263. The molecule has 1 aromatic carbocycles. The van der Waals surface area contributed by atoms with Gasteiger partial charge in [0.15, 0.2) is 0 Å². The van der Waals surface area contributed by atoms with Crippen LogP contribution < -0.4 is 0 Å². The molecule has 0 bridgehead atoms. The molecule has 0 unspecified atom stereocenters. The molecule has 0 N–H and O–H groups in total. The molecule has 1 aliphatic heterocycles. The first kappa shape index (κ1) is 23.0. The number of sulfonamides is 1. The molecule has 0 saturated carbocycles. The highest BCUT2D eigenvalue weighted by Gasteiger charge is 2.32. The molecule has 30 heavy (non-hydrogen) atoms. The van der Waals surface area contributed by atoms with E-state index in [0.717, 1.165) is 32.6 Å². The zero-order valence-corrected chi connectivity index (χ0v) is 20.6. The second-order valence-corrected chi connectivity index (χ2v) is 10.6. The van der Waals surface area contributed by atoms with E-state index in [9.17, 15) is 13.2 Å². The lowest BCUT2D eigenvalue weighted by Crippen LogP contribution is -2.50. The summed E-state index contributed by atoms with van der Waals surface area (Å²) in [7, 11) is -3.58. The topological polar surface area (TPSA) is 75.5 Å². The predicted molar refractivity (Wildman–Crippen MR) is 120 cm³/mol. The molecular weight excluding hydrogens is 468 g/mol. The first-order chi connectivity index (χ1) is 14.0. The molecule has 7 nitrogen and oxygen atoms in total. The van der Waals surface area contributed by atoms with E-state index >= 15 is 0 Å². The Hall–Kier alpha value is -1.71. The summed E-state index contributed by atoms with van der Waals surface area (Å²) in [6.07, 6.45) is 0.345. The van der Waals surface area contributed by atoms with Gasteiger partial charge in [-0.3, -0.25) is 9.48 Å². The molecule has 1 aliphatic rings. The van der Waals surface area contributed by atoms with Crippen LogP contribution in [0, 0.1) is 34.6 Å². The average Bonchev–Trinajstić information content (AvgIpc) is 2.92. The summed E-state index contributed by atoms with van der Waals surface area (Å²) in [5.41, 5.74) is 4.48. The van der Waals surface area contributed by atoms with Gasteiger partial charge in [-0.2, -0.15) is 9.40 Å². The van der Waals surface area contributed by atoms with Gasteiger partial charge in [-0.15, -0.1) is 0 Å². The Balaban J connectivity index is 1.63. The van der Waals surface area contributed by atoms with E-state index in [2.05, 4.69) is 21.0 Å². The van der Waals surface area contributed by atoms with Gasteiger partial charge in [-0.1, -0.05) is 17.7 Å². The Labute approximate surface area is 187 Å². The van der Waals surface area contributed by atoms with E-state index in [1.54, 1.807) is 4.90 Å². The zero-order valence-electron chi connectivity index (χ0n) is 18.2. The number of benzene rings is 1. The van der Waals surface area contributed by atoms with Gasteiger partial charge >= 0.3 is 0 Å². The van der Waals surface area contributed by atoms with Crippen LogP contribution in [0.15, 0.2) is 21.5 Å². The largest absolute Gasteiger partial charge is 0.340 e. The number of carbonyl (C=O) groups is 1. The molecule has 0 radical (unpaired) electrons. The van der Waals surface area contributed by atoms with Crippen molar-refractivity contribution in [3.63, 3.8) is 0 Å². The number of aryl methyl sites for hydroxylation is 5. The van der Waals surface area contributed by atoms with Crippen LogP contribution in [0.25, 0.3) is 0 Å². The van der Waals surface area contributed by atoms with E-state index in [1.807, 2.05) is 51.4 Å². The molecule has 2 heterocycles. The van der Waals surface area contributed by atoms with Gasteiger partial charge in [0, 0.05) is 38.3 Å².